The Kier molecular flexibility index (Phi) is 8.88. The van der Waals surface area contributed by atoms with E-state index >= 15 is 0 Å². The number of rotatable bonds is 3. The predicted octanol–water partition coefficient (Wildman–Crippen LogP) is 4.18. The SMILES string of the molecule is COC(=O)c1ccccc1OC.Clc1ccc(C2CNCCOC2)cc1Cl. The highest BCUT2D eigenvalue weighted by Gasteiger charge is 2.15. The average molecular weight is 412 g/mol. The summed E-state index contributed by atoms with van der Waals surface area (Å²) in [6.07, 6.45) is 0. The van der Waals surface area contributed by atoms with Crippen LogP contribution < -0.4 is 10.1 Å². The van der Waals surface area contributed by atoms with Crippen LogP contribution in [-0.4, -0.2) is 46.5 Å². The van der Waals surface area contributed by atoms with Gasteiger partial charge in [-0.3, -0.25) is 0 Å². The molecule has 1 aliphatic heterocycles. The molecule has 1 aliphatic rings. The van der Waals surface area contributed by atoms with Gasteiger partial charge in [-0.2, -0.15) is 0 Å². The zero-order chi connectivity index (χ0) is 19.6. The van der Waals surface area contributed by atoms with E-state index in [4.69, 9.17) is 32.7 Å². The molecule has 1 saturated heterocycles. The quantitative estimate of drug-likeness (QED) is 0.767. The Balaban J connectivity index is 0.000000199. The lowest BCUT2D eigenvalue weighted by Crippen LogP contribution is -2.21. The van der Waals surface area contributed by atoms with Gasteiger partial charge in [0.25, 0.3) is 0 Å². The summed E-state index contributed by atoms with van der Waals surface area (Å²) in [6.45, 7) is 3.36. The van der Waals surface area contributed by atoms with Crippen molar-refractivity contribution in [3.05, 3.63) is 63.6 Å². The summed E-state index contributed by atoms with van der Waals surface area (Å²) >= 11 is 11.9. The minimum Gasteiger partial charge on any atom is -0.496 e. The molecule has 5 nitrogen and oxygen atoms in total. The second kappa shape index (κ2) is 11.1. The largest absolute Gasteiger partial charge is 0.496 e. The topological polar surface area (TPSA) is 56.8 Å². The third kappa shape index (κ3) is 6.40. The van der Waals surface area contributed by atoms with Gasteiger partial charge in [0, 0.05) is 19.0 Å². The summed E-state index contributed by atoms with van der Waals surface area (Å²) in [5.41, 5.74) is 1.63. The Morgan fingerprint density at radius 3 is 2.63 bits per heavy atom. The smallest absolute Gasteiger partial charge is 0.341 e. The Hall–Kier alpha value is -1.79. The van der Waals surface area contributed by atoms with Crippen LogP contribution in [-0.2, 0) is 9.47 Å². The summed E-state index contributed by atoms with van der Waals surface area (Å²) in [5, 5.41) is 4.54. The van der Waals surface area contributed by atoms with Gasteiger partial charge >= 0.3 is 5.97 Å². The number of esters is 1. The molecular formula is C20H23Cl2NO4. The van der Waals surface area contributed by atoms with Crippen molar-refractivity contribution in [1.82, 2.24) is 5.32 Å². The number of nitrogens with one attached hydrogen (secondary N) is 1. The third-order valence-electron chi connectivity index (χ3n) is 4.06. The maximum atomic E-state index is 11.1. The standard InChI is InChI=1S/C11H13Cl2NO.C9H10O3/c12-10-2-1-8(5-11(10)13)9-6-14-3-4-15-7-9;1-11-8-6-4-3-5-7(8)9(10)12-2/h1-2,5,9,14H,3-4,6-7H2;3-6H,1-2H3. The second-order valence-corrected chi connectivity index (χ2v) is 6.66. The lowest BCUT2D eigenvalue weighted by Gasteiger charge is -2.14. The fourth-order valence-electron chi connectivity index (χ4n) is 2.61. The Morgan fingerprint density at radius 2 is 1.93 bits per heavy atom. The zero-order valence-electron chi connectivity index (χ0n) is 15.3. The Morgan fingerprint density at radius 1 is 1.15 bits per heavy atom. The number of hydrogen-bond acceptors (Lipinski definition) is 5. The van der Waals surface area contributed by atoms with E-state index in [1.807, 2.05) is 18.2 Å². The highest BCUT2D eigenvalue weighted by molar-refractivity contribution is 6.42. The van der Waals surface area contributed by atoms with E-state index < -0.39 is 0 Å². The van der Waals surface area contributed by atoms with Gasteiger partial charge in [-0.15, -0.1) is 0 Å². The molecule has 1 unspecified atom stereocenters. The van der Waals surface area contributed by atoms with Crippen molar-refractivity contribution in [2.24, 2.45) is 0 Å². The van der Waals surface area contributed by atoms with Crippen LogP contribution in [0.1, 0.15) is 21.8 Å². The number of carbonyl (C=O) groups excluding carboxylic acids is 1. The van der Waals surface area contributed by atoms with Gasteiger partial charge in [0.15, 0.2) is 0 Å². The molecule has 0 amide bonds. The number of methoxy groups -OCH3 is 2. The number of benzene rings is 2. The number of carbonyl (C=O) groups is 1. The van der Waals surface area contributed by atoms with Gasteiger partial charge in [-0.05, 0) is 29.8 Å². The Labute approximate surface area is 169 Å². The summed E-state index contributed by atoms with van der Waals surface area (Å²) in [6, 6.07) is 12.7. The number of para-hydroxylation sites is 1. The van der Waals surface area contributed by atoms with Crippen molar-refractivity contribution in [3.8, 4) is 5.75 Å². The maximum absolute atomic E-state index is 11.1. The molecule has 0 bridgehead atoms. The van der Waals surface area contributed by atoms with E-state index in [0.29, 0.717) is 27.3 Å². The molecule has 0 aromatic heterocycles. The van der Waals surface area contributed by atoms with Crippen LogP contribution in [0.3, 0.4) is 0 Å². The fourth-order valence-corrected chi connectivity index (χ4v) is 2.92. The van der Waals surface area contributed by atoms with E-state index in [1.165, 1.54) is 19.8 Å². The van der Waals surface area contributed by atoms with Crippen LogP contribution in [0.2, 0.25) is 10.0 Å². The van der Waals surface area contributed by atoms with Gasteiger partial charge in [0.1, 0.15) is 11.3 Å². The van der Waals surface area contributed by atoms with Crippen LogP contribution in [0.4, 0.5) is 0 Å². The van der Waals surface area contributed by atoms with Crippen molar-refractivity contribution in [2.45, 2.75) is 5.92 Å². The molecule has 0 spiro atoms. The van der Waals surface area contributed by atoms with Gasteiger partial charge in [-0.25, -0.2) is 4.79 Å². The summed E-state index contributed by atoms with van der Waals surface area (Å²) < 4.78 is 15.0. The molecule has 1 fully saturated rings. The van der Waals surface area contributed by atoms with Gasteiger partial charge < -0.3 is 19.5 Å². The minimum absolute atomic E-state index is 0.363. The average Bonchev–Trinajstić information content (AvgIpc) is 2.99. The van der Waals surface area contributed by atoms with Crippen LogP contribution in [0.5, 0.6) is 5.75 Å². The minimum atomic E-state index is -0.382. The molecule has 146 valence electrons. The van der Waals surface area contributed by atoms with Crippen molar-refractivity contribution in [1.29, 1.82) is 0 Å². The molecule has 2 aromatic rings. The van der Waals surface area contributed by atoms with Crippen LogP contribution in [0, 0.1) is 0 Å². The van der Waals surface area contributed by atoms with Crippen molar-refractivity contribution >= 4 is 29.2 Å². The first-order valence-electron chi connectivity index (χ1n) is 8.51. The molecule has 2 aromatic carbocycles. The first-order chi connectivity index (χ1) is 13.1. The second-order valence-electron chi connectivity index (χ2n) is 5.84. The molecular weight excluding hydrogens is 389 g/mol. The molecule has 7 heteroatoms. The van der Waals surface area contributed by atoms with E-state index in [9.17, 15) is 4.79 Å². The van der Waals surface area contributed by atoms with E-state index in [2.05, 4.69) is 10.1 Å². The fraction of sp³-hybridized carbons (Fsp3) is 0.350. The molecule has 27 heavy (non-hydrogen) atoms. The van der Waals surface area contributed by atoms with Crippen LogP contribution >= 0.6 is 23.2 Å². The lowest BCUT2D eigenvalue weighted by atomic mass is 10.0. The van der Waals surface area contributed by atoms with Gasteiger partial charge in [0.05, 0.1) is 37.5 Å². The molecule has 1 heterocycles. The first kappa shape index (κ1) is 21.5. The highest BCUT2D eigenvalue weighted by atomic mass is 35.5. The van der Waals surface area contributed by atoms with Crippen molar-refractivity contribution in [3.63, 3.8) is 0 Å². The van der Waals surface area contributed by atoms with Gasteiger partial charge in [-0.1, -0.05) is 41.4 Å². The van der Waals surface area contributed by atoms with E-state index in [1.54, 1.807) is 24.3 Å². The van der Waals surface area contributed by atoms with Crippen molar-refractivity contribution in [2.75, 3.05) is 40.5 Å². The summed E-state index contributed by atoms with van der Waals surface area (Å²) in [7, 11) is 2.86. The Bertz CT molecular complexity index is 747. The van der Waals surface area contributed by atoms with E-state index in [0.717, 1.165) is 26.3 Å². The molecule has 1 N–H and O–H groups in total. The number of ether oxygens (including phenoxy) is 3. The lowest BCUT2D eigenvalue weighted by molar-refractivity contribution is 0.0597. The van der Waals surface area contributed by atoms with Crippen LogP contribution in [0.15, 0.2) is 42.5 Å². The zero-order valence-corrected chi connectivity index (χ0v) is 16.8. The predicted molar refractivity (Wildman–Crippen MR) is 107 cm³/mol. The summed E-state index contributed by atoms with van der Waals surface area (Å²) in [5.74, 6) is 0.513. The van der Waals surface area contributed by atoms with Crippen LogP contribution in [0.25, 0.3) is 0 Å². The third-order valence-corrected chi connectivity index (χ3v) is 4.80. The summed E-state index contributed by atoms with van der Waals surface area (Å²) in [4.78, 5) is 11.1. The number of halogens is 2. The molecule has 1 atom stereocenters. The molecule has 0 saturated carbocycles. The normalized spacial score (nSPS) is 16.5. The maximum Gasteiger partial charge on any atom is 0.341 e. The molecule has 0 radical (unpaired) electrons. The van der Waals surface area contributed by atoms with Gasteiger partial charge in [0.2, 0.25) is 0 Å². The first-order valence-corrected chi connectivity index (χ1v) is 9.27. The van der Waals surface area contributed by atoms with Crippen molar-refractivity contribution < 1.29 is 19.0 Å². The highest BCUT2D eigenvalue weighted by Crippen LogP contribution is 2.27. The molecule has 0 aliphatic carbocycles. The monoisotopic (exact) mass is 411 g/mol. The van der Waals surface area contributed by atoms with E-state index in [-0.39, 0.29) is 5.97 Å². The number of hydrogen-bond donors (Lipinski definition) is 1. The molecule has 3 rings (SSSR count).